The average molecular weight is 350 g/mol. The number of ether oxygens (including phenoxy) is 3. The van der Waals surface area contributed by atoms with Crippen LogP contribution in [0.15, 0.2) is 24.3 Å². The Bertz CT molecular complexity index is 513. The van der Waals surface area contributed by atoms with Gasteiger partial charge in [-0.2, -0.15) is 0 Å². The highest BCUT2D eigenvalue weighted by Crippen LogP contribution is 2.18. The van der Waals surface area contributed by atoms with Crippen molar-refractivity contribution < 1.29 is 23.8 Å². The second-order valence-corrected chi connectivity index (χ2v) is 5.96. The molecule has 0 bridgehead atoms. The molecular formula is C20H30O5. The number of esters is 2. The maximum Gasteiger partial charge on any atom is 0.306 e. The lowest BCUT2D eigenvalue weighted by molar-refractivity contribution is -0.151. The zero-order valence-electron chi connectivity index (χ0n) is 15.4. The summed E-state index contributed by atoms with van der Waals surface area (Å²) in [6.45, 7) is 2.75. The van der Waals surface area contributed by atoms with E-state index in [2.05, 4.69) is 6.92 Å². The fourth-order valence-electron chi connectivity index (χ4n) is 2.40. The largest absolute Gasteiger partial charge is 0.496 e. The molecule has 0 radical (unpaired) electrons. The molecule has 0 amide bonds. The Morgan fingerprint density at radius 2 is 1.52 bits per heavy atom. The van der Waals surface area contributed by atoms with Gasteiger partial charge in [0.2, 0.25) is 0 Å². The van der Waals surface area contributed by atoms with Crippen LogP contribution >= 0.6 is 0 Å². The molecule has 0 aliphatic rings. The van der Waals surface area contributed by atoms with E-state index in [0.717, 1.165) is 18.4 Å². The third-order valence-electron chi connectivity index (χ3n) is 3.88. The summed E-state index contributed by atoms with van der Waals surface area (Å²) in [4.78, 5) is 23.3. The first-order valence-corrected chi connectivity index (χ1v) is 9.10. The van der Waals surface area contributed by atoms with Crippen LogP contribution in [0.25, 0.3) is 0 Å². The molecule has 0 aliphatic carbocycles. The molecule has 0 aromatic heterocycles. The average Bonchev–Trinajstić information content (AvgIpc) is 2.64. The van der Waals surface area contributed by atoms with Crippen LogP contribution in [0.1, 0.15) is 63.9 Å². The number of para-hydroxylation sites is 1. The standard InChI is InChI=1S/C20H30O5/c1-3-4-5-6-7-10-15-24-19(21)13-14-20(22)25-16-17-11-8-9-12-18(17)23-2/h8-9,11-12H,3-7,10,13-16H2,1-2H3. The third kappa shape index (κ3) is 9.75. The first-order valence-electron chi connectivity index (χ1n) is 9.10. The highest BCUT2D eigenvalue weighted by atomic mass is 16.5. The van der Waals surface area contributed by atoms with Crippen LogP contribution in [-0.2, 0) is 25.7 Å². The van der Waals surface area contributed by atoms with E-state index < -0.39 is 5.97 Å². The van der Waals surface area contributed by atoms with Gasteiger partial charge in [0.25, 0.3) is 0 Å². The molecule has 0 heterocycles. The van der Waals surface area contributed by atoms with E-state index >= 15 is 0 Å². The smallest absolute Gasteiger partial charge is 0.306 e. The molecule has 0 saturated carbocycles. The number of benzene rings is 1. The predicted molar refractivity (Wildman–Crippen MR) is 96.4 cm³/mol. The predicted octanol–water partition coefficient (Wildman–Crippen LogP) is 4.42. The molecule has 1 aromatic rings. The molecule has 0 fully saturated rings. The Morgan fingerprint density at radius 3 is 2.24 bits per heavy atom. The van der Waals surface area contributed by atoms with Crippen LogP contribution < -0.4 is 4.74 Å². The number of hydrogen-bond donors (Lipinski definition) is 0. The fourth-order valence-corrected chi connectivity index (χ4v) is 2.40. The molecule has 25 heavy (non-hydrogen) atoms. The SMILES string of the molecule is CCCCCCCCOC(=O)CCC(=O)OCc1ccccc1OC. The molecule has 1 rings (SSSR count). The van der Waals surface area contributed by atoms with Crippen molar-refractivity contribution >= 4 is 11.9 Å². The van der Waals surface area contributed by atoms with Crippen LogP contribution in [0.4, 0.5) is 0 Å². The van der Waals surface area contributed by atoms with Crippen molar-refractivity contribution in [1.82, 2.24) is 0 Å². The van der Waals surface area contributed by atoms with E-state index in [1.165, 1.54) is 25.7 Å². The Balaban J connectivity index is 2.10. The van der Waals surface area contributed by atoms with Crippen molar-refractivity contribution in [1.29, 1.82) is 0 Å². The van der Waals surface area contributed by atoms with Gasteiger partial charge in [-0.1, -0.05) is 57.2 Å². The summed E-state index contributed by atoms with van der Waals surface area (Å²) >= 11 is 0. The molecular weight excluding hydrogens is 320 g/mol. The molecule has 5 heteroatoms. The van der Waals surface area contributed by atoms with Crippen LogP contribution in [0.2, 0.25) is 0 Å². The van der Waals surface area contributed by atoms with Crippen molar-refractivity contribution in [3.05, 3.63) is 29.8 Å². The minimum absolute atomic E-state index is 0.0322. The van der Waals surface area contributed by atoms with E-state index in [1.54, 1.807) is 7.11 Å². The van der Waals surface area contributed by atoms with E-state index in [0.29, 0.717) is 12.4 Å². The van der Waals surface area contributed by atoms with Gasteiger partial charge in [-0.25, -0.2) is 0 Å². The van der Waals surface area contributed by atoms with Gasteiger partial charge in [0.15, 0.2) is 0 Å². The lowest BCUT2D eigenvalue weighted by atomic mass is 10.1. The summed E-state index contributed by atoms with van der Waals surface area (Å²) in [5, 5.41) is 0. The van der Waals surface area contributed by atoms with Gasteiger partial charge in [-0.05, 0) is 12.5 Å². The maximum absolute atomic E-state index is 11.7. The number of rotatable bonds is 13. The van der Waals surface area contributed by atoms with E-state index in [-0.39, 0.29) is 25.4 Å². The quantitative estimate of drug-likeness (QED) is 0.389. The summed E-state index contributed by atoms with van der Waals surface area (Å²) in [5.74, 6) is -0.0844. The van der Waals surface area contributed by atoms with Crippen molar-refractivity contribution in [2.75, 3.05) is 13.7 Å². The molecule has 0 saturated heterocycles. The lowest BCUT2D eigenvalue weighted by Crippen LogP contribution is -2.11. The maximum atomic E-state index is 11.7. The number of unbranched alkanes of at least 4 members (excludes halogenated alkanes) is 5. The van der Waals surface area contributed by atoms with Gasteiger partial charge < -0.3 is 14.2 Å². The van der Waals surface area contributed by atoms with E-state index in [4.69, 9.17) is 14.2 Å². The molecule has 140 valence electrons. The molecule has 0 spiro atoms. The first-order chi connectivity index (χ1) is 12.2. The molecule has 0 aliphatic heterocycles. The zero-order chi connectivity index (χ0) is 18.3. The van der Waals surface area contributed by atoms with Crippen LogP contribution in [0, 0.1) is 0 Å². The molecule has 0 N–H and O–H groups in total. The minimum atomic E-state index is -0.414. The normalized spacial score (nSPS) is 10.3. The topological polar surface area (TPSA) is 61.8 Å². The van der Waals surface area contributed by atoms with Gasteiger partial charge in [-0.3, -0.25) is 9.59 Å². The van der Waals surface area contributed by atoms with Gasteiger partial charge in [0.1, 0.15) is 12.4 Å². The summed E-state index contributed by atoms with van der Waals surface area (Å²) in [7, 11) is 1.57. The van der Waals surface area contributed by atoms with Crippen molar-refractivity contribution in [2.24, 2.45) is 0 Å². The summed E-state index contributed by atoms with van der Waals surface area (Å²) in [6, 6.07) is 7.35. The summed E-state index contributed by atoms with van der Waals surface area (Å²) < 4.78 is 15.5. The second kappa shape index (κ2) is 13.3. The minimum Gasteiger partial charge on any atom is -0.496 e. The highest BCUT2D eigenvalue weighted by Gasteiger charge is 2.10. The second-order valence-electron chi connectivity index (χ2n) is 5.96. The molecule has 0 atom stereocenters. The molecule has 1 aromatic carbocycles. The van der Waals surface area contributed by atoms with Crippen molar-refractivity contribution in [3.8, 4) is 5.75 Å². The molecule has 0 unspecified atom stereocenters. The number of carbonyl (C=O) groups excluding carboxylic acids is 2. The van der Waals surface area contributed by atoms with Gasteiger partial charge in [0.05, 0.1) is 26.6 Å². The van der Waals surface area contributed by atoms with Crippen LogP contribution in [0.3, 0.4) is 0 Å². The van der Waals surface area contributed by atoms with Gasteiger partial charge in [0, 0.05) is 5.56 Å². The Hall–Kier alpha value is -2.04. The zero-order valence-corrected chi connectivity index (χ0v) is 15.4. The number of hydrogen-bond acceptors (Lipinski definition) is 5. The van der Waals surface area contributed by atoms with Gasteiger partial charge in [-0.15, -0.1) is 0 Å². The lowest BCUT2D eigenvalue weighted by Gasteiger charge is -2.09. The van der Waals surface area contributed by atoms with Crippen LogP contribution in [-0.4, -0.2) is 25.7 Å². The summed E-state index contributed by atoms with van der Waals surface area (Å²) in [5.41, 5.74) is 0.795. The monoisotopic (exact) mass is 350 g/mol. The van der Waals surface area contributed by atoms with Crippen molar-refractivity contribution in [2.45, 2.75) is 64.9 Å². The van der Waals surface area contributed by atoms with E-state index in [9.17, 15) is 9.59 Å². The summed E-state index contributed by atoms with van der Waals surface area (Å²) in [6.07, 6.45) is 6.95. The Kier molecular flexibility index (Phi) is 11.2. The highest BCUT2D eigenvalue weighted by molar-refractivity contribution is 5.77. The number of carbonyl (C=O) groups is 2. The Morgan fingerprint density at radius 1 is 0.880 bits per heavy atom. The van der Waals surface area contributed by atoms with Crippen molar-refractivity contribution in [3.63, 3.8) is 0 Å². The third-order valence-corrected chi connectivity index (χ3v) is 3.88. The number of methoxy groups -OCH3 is 1. The van der Waals surface area contributed by atoms with Gasteiger partial charge >= 0.3 is 11.9 Å². The fraction of sp³-hybridized carbons (Fsp3) is 0.600. The Labute approximate surface area is 150 Å². The molecule has 5 nitrogen and oxygen atoms in total. The van der Waals surface area contributed by atoms with Crippen LogP contribution in [0.5, 0.6) is 5.75 Å². The first kappa shape index (κ1) is 21.0. The van der Waals surface area contributed by atoms with E-state index in [1.807, 2.05) is 24.3 Å².